The summed E-state index contributed by atoms with van der Waals surface area (Å²) in [5, 5.41) is 7.79. The molecule has 0 spiro atoms. The third-order valence-electron chi connectivity index (χ3n) is 5.31. The van der Waals surface area contributed by atoms with Crippen LogP contribution in [-0.2, 0) is 17.5 Å². The predicted molar refractivity (Wildman–Crippen MR) is 117 cm³/mol. The maximum atomic E-state index is 12.9. The van der Waals surface area contributed by atoms with Crippen molar-refractivity contribution in [2.24, 2.45) is 5.10 Å². The van der Waals surface area contributed by atoms with Crippen molar-refractivity contribution in [3.05, 3.63) is 53.6 Å². The number of hydrazone groups is 1. The Morgan fingerprint density at radius 1 is 1.21 bits per heavy atom. The molecule has 5 heterocycles. The van der Waals surface area contributed by atoms with Crippen LogP contribution < -0.4 is 10.3 Å². The van der Waals surface area contributed by atoms with Crippen molar-refractivity contribution in [3.63, 3.8) is 0 Å². The number of anilines is 1. The molecule has 2 aliphatic heterocycles. The number of thiophene rings is 1. The maximum Gasteiger partial charge on any atom is 0.471 e. The standard InChI is InChI=1S/C20H19F3N8O2S/c21-20(22,23)18-27-17(28-33-18)15-3-2-14(34-15)13-31(16-12-24-6-7-25-16)19(4-1-5-26-29-19)30-8-10-32-11-9-30/h1-7,12,29H,8-11,13H2. The van der Waals surface area contributed by atoms with Gasteiger partial charge in [0.2, 0.25) is 11.6 Å². The number of allylic oxidation sites excluding steroid dienone is 1. The lowest BCUT2D eigenvalue weighted by molar-refractivity contribution is -0.159. The van der Waals surface area contributed by atoms with Gasteiger partial charge in [0.15, 0.2) is 5.82 Å². The lowest BCUT2D eigenvalue weighted by Crippen LogP contribution is -2.69. The first-order chi connectivity index (χ1) is 16.5. The molecule has 10 nitrogen and oxygen atoms in total. The summed E-state index contributed by atoms with van der Waals surface area (Å²) >= 11 is 1.27. The van der Waals surface area contributed by atoms with Gasteiger partial charge in [-0.1, -0.05) is 5.16 Å². The first-order valence-electron chi connectivity index (χ1n) is 10.3. The topological polar surface area (TPSA) is 105 Å². The fourth-order valence-corrected chi connectivity index (χ4v) is 4.70. The second kappa shape index (κ2) is 9.12. The van der Waals surface area contributed by atoms with Crippen LogP contribution in [0.3, 0.4) is 0 Å². The van der Waals surface area contributed by atoms with Crippen molar-refractivity contribution in [3.8, 4) is 10.7 Å². The SMILES string of the molecule is FC(F)(F)c1nc(-c2ccc(CN(c3cnccn3)C3(N4CCOCC4)C=CC=NN3)s2)no1. The fraction of sp³-hybridized carbons (Fsp3) is 0.350. The molecule has 2 aliphatic rings. The Hall–Kier alpha value is -3.36. The molecular weight excluding hydrogens is 473 g/mol. The van der Waals surface area contributed by atoms with Crippen molar-refractivity contribution in [1.82, 2.24) is 30.4 Å². The lowest BCUT2D eigenvalue weighted by Gasteiger charge is -2.50. The van der Waals surface area contributed by atoms with Gasteiger partial charge in [-0.15, -0.1) is 11.3 Å². The van der Waals surface area contributed by atoms with E-state index in [2.05, 4.69) is 40.1 Å². The summed E-state index contributed by atoms with van der Waals surface area (Å²) in [6.45, 7) is 2.80. The molecule has 0 amide bonds. The number of rotatable bonds is 6. The molecule has 1 unspecified atom stereocenters. The van der Waals surface area contributed by atoms with Gasteiger partial charge in [0.1, 0.15) is 0 Å². The minimum Gasteiger partial charge on any atom is -0.379 e. The maximum absolute atomic E-state index is 12.9. The zero-order valence-corrected chi connectivity index (χ0v) is 18.5. The molecule has 14 heteroatoms. The average Bonchev–Trinajstić information content (AvgIpc) is 3.54. The Morgan fingerprint density at radius 3 is 2.74 bits per heavy atom. The van der Waals surface area contributed by atoms with E-state index in [9.17, 15) is 13.2 Å². The Bertz CT molecular complexity index is 1180. The Kier molecular flexibility index (Phi) is 6.02. The highest BCUT2D eigenvalue weighted by Gasteiger charge is 2.43. The molecule has 1 N–H and O–H groups in total. The van der Waals surface area contributed by atoms with Gasteiger partial charge in [0.25, 0.3) is 0 Å². The minimum atomic E-state index is -4.70. The quantitative estimate of drug-likeness (QED) is 0.556. The third-order valence-corrected chi connectivity index (χ3v) is 6.38. The number of aromatic nitrogens is 4. The van der Waals surface area contributed by atoms with E-state index in [1.165, 1.54) is 11.3 Å². The van der Waals surface area contributed by atoms with Crippen LogP contribution >= 0.6 is 11.3 Å². The lowest BCUT2D eigenvalue weighted by atomic mass is 10.1. The van der Waals surface area contributed by atoms with E-state index in [4.69, 9.17) is 4.74 Å². The van der Waals surface area contributed by atoms with Crippen LogP contribution in [0.2, 0.25) is 0 Å². The van der Waals surface area contributed by atoms with Gasteiger partial charge < -0.3 is 14.2 Å². The fourth-order valence-electron chi connectivity index (χ4n) is 3.78. The highest BCUT2D eigenvalue weighted by Crippen LogP contribution is 2.34. The van der Waals surface area contributed by atoms with Gasteiger partial charge in [0, 0.05) is 36.6 Å². The number of nitrogens with zero attached hydrogens (tertiary/aromatic N) is 7. The molecule has 0 bridgehead atoms. The molecule has 0 aromatic carbocycles. The van der Waals surface area contributed by atoms with E-state index in [-0.39, 0.29) is 5.82 Å². The van der Waals surface area contributed by atoms with Crippen LogP contribution in [0.1, 0.15) is 10.8 Å². The summed E-state index contributed by atoms with van der Waals surface area (Å²) in [5.74, 6) is -1.75. The third kappa shape index (κ3) is 4.38. The van der Waals surface area contributed by atoms with Crippen LogP contribution in [0, 0.1) is 0 Å². The first kappa shape index (κ1) is 22.4. The number of alkyl halides is 3. The number of hydrogen-bond acceptors (Lipinski definition) is 11. The first-order valence-corrected chi connectivity index (χ1v) is 11.1. The Balaban J connectivity index is 1.49. The van der Waals surface area contributed by atoms with Crippen molar-refractivity contribution in [1.29, 1.82) is 0 Å². The van der Waals surface area contributed by atoms with Gasteiger partial charge >= 0.3 is 12.1 Å². The smallest absolute Gasteiger partial charge is 0.379 e. The summed E-state index contributed by atoms with van der Waals surface area (Å²) in [5.41, 5.74) is 3.23. The molecule has 178 valence electrons. The molecular formula is C20H19F3N8O2S. The molecule has 34 heavy (non-hydrogen) atoms. The molecule has 0 saturated carbocycles. The van der Waals surface area contributed by atoms with E-state index in [0.717, 1.165) is 4.88 Å². The zero-order valence-electron chi connectivity index (χ0n) is 17.6. The summed E-state index contributed by atoms with van der Waals surface area (Å²) < 4.78 is 48.5. The molecule has 0 aliphatic carbocycles. The summed E-state index contributed by atoms with van der Waals surface area (Å²) in [7, 11) is 0. The zero-order chi connectivity index (χ0) is 23.6. The molecule has 3 aromatic rings. The van der Waals surface area contributed by atoms with Gasteiger partial charge in [-0.2, -0.15) is 23.3 Å². The van der Waals surface area contributed by atoms with Crippen molar-refractivity contribution < 1.29 is 22.4 Å². The number of morpholine rings is 1. The summed E-state index contributed by atoms with van der Waals surface area (Å²) in [4.78, 5) is 17.7. The number of halogens is 3. The van der Waals surface area contributed by atoms with Gasteiger partial charge in [0.05, 0.1) is 30.8 Å². The number of nitrogens with one attached hydrogen (secondary N) is 1. The van der Waals surface area contributed by atoms with Crippen LogP contribution in [0.5, 0.6) is 0 Å². The highest BCUT2D eigenvalue weighted by atomic mass is 32.1. The molecule has 1 atom stereocenters. The number of hydrogen-bond donors (Lipinski definition) is 1. The van der Waals surface area contributed by atoms with Crippen LogP contribution in [0.4, 0.5) is 19.0 Å². The van der Waals surface area contributed by atoms with Gasteiger partial charge in [-0.25, -0.2) is 4.98 Å². The summed E-state index contributed by atoms with van der Waals surface area (Å²) in [6.07, 6.45) is 5.64. The largest absolute Gasteiger partial charge is 0.471 e. The predicted octanol–water partition coefficient (Wildman–Crippen LogP) is 2.74. The molecule has 5 rings (SSSR count). The summed E-state index contributed by atoms with van der Waals surface area (Å²) in [6, 6.07) is 3.49. The van der Waals surface area contributed by atoms with Gasteiger partial charge in [-0.05, 0) is 24.3 Å². The van der Waals surface area contributed by atoms with Crippen LogP contribution in [0.25, 0.3) is 10.7 Å². The van der Waals surface area contributed by atoms with E-state index in [0.29, 0.717) is 43.5 Å². The molecule has 0 radical (unpaired) electrons. The molecule has 1 saturated heterocycles. The van der Waals surface area contributed by atoms with Crippen LogP contribution in [0.15, 0.2) is 52.5 Å². The van der Waals surface area contributed by atoms with E-state index < -0.39 is 17.9 Å². The average molecular weight is 492 g/mol. The number of ether oxygens (including phenoxy) is 1. The van der Waals surface area contributed by atoms with E-state index in [1.807, 2.05) is 23.1 Å². The van der Waals surface area contributed by atoms with Crippen molar-refractivity contribution in [2.75, 3.05) is 31.2 Å². The van der Waals surface area contributed by atoms with Crippen molar-refractivity contribution in [2.45, 2.75) is 18.5 Å². The highest BCUT2D eigenvalue weighted by molar-refractivity contribution is 7.15. The van der Waals surface area contributed by atoms with E-state index in [1.54, 1.807) is 30.9 Å². The van der Waals surface area contributed by atoms with E-state index >= 15 is 0 Å². The molecule has 3 aromatic heterocycles. The van der Waals surface area contributed by atoms with Crippen LogP contribution in [-0.4, -0.2) is 63.3 Å². The Labute approximate surface area is 195 Å². The molecule has 1 fully saturated rings. The van der Waals surface area contributed by atoms with Crippen molar-refractivity contribution >= 4 is 23.4 Å². The minimum absolute atomic E-state index is 0.113. The normalized spacial score (nSPS) is 20.9. The Morgan fingerprint density at radius 2 is 2.06 bits per heavy atom. The second-order valence-electron chi connectivity index (χ2n) is 7.41. The monoisotopic (exact) mass is 492 g/mol. The second-order valence-corrected chi connectivity index (χ2v) is 8.58. The van der Waals surface area contributed by atoms with Gasteiger partial charge in [-0.3, -0.25) is 15.3 Å².